The molecule has 7 nitrogen and oxygen atoms in total. The number of nitrogens with one attached hydrogen (secondary N) is 1. The number of rotatable bonds is 5. The molecule has 0 saturated heterocycles. The van der Waals surface area contributed by atoms with Crippen LogP contribution < -0.4 is 5.32 Å². The molecule has 0 bridgehead atoms. The van der Waals surface area contributed by atoms with E-state index in [1.807, 2.05) is 35.0 Å². The smallest absolute Gasteiger partial charge is 0.273 e. The summed E-state index contributed by atoms with van der Waals surface area (Å²) in [6.45, 7) is 2.46. The van der Waals surface area contributed by atoms with E-state index < -0.39 is 0 Å². The lowest BCUT2D eigenvalue weighted by Crippen LogP contribution is -2.37. The average molecular weight is 354 g/mol. The first-order valence-corrected chi connectivity index (χ1v) is 9.05. The van der Waals surface area contributed by atoms with Gasteiger partial charge in [0.1, 0.15) is 10.0 Å². The van der Waals surface area contributed by atoms with E-state index in [0.717, 1.165) is 28.4 Å². The molecule has 1 N–H and O–H groups in total. The average Bonchev–Trinajstić information content (AvgIpc) is 3.28. The monoisotopic (exact) mass is 354 g/mol. The first-order chi connectivity index (χ1) is 12.1. The maximum atomic E-state index is 12.3. The molecule has 0 unspecified atom stereocenters. The first-order valence-electron chi connectivity index (χ1n) is 8.23. The van der Waals surface area contributed by atoms with Gasteiger partial charge in [-0.1, -0.05) is 46.9 Å². The number of hydrogen-bond acceptors (Lipinski definition) is 6. The molecule has 1 fully saturated rings. The summed E-state index contributed by atoms with van der Waals surface area (Å²) in [6.07, 6.45) is 5.07. The zero-order valence-electron chi connectivity index (χ0n) is 13.8. The van der Waals surface area contributed by atoms with Crippen LogP contribution >= 0.6 is 11.3 Å². The van der Waals surface area contributed by atoms with Crippen molar-refractivity contribution in [2.45, 2.75) is 38.3 Å². The summed E-state index contributed by atoms with van der Waals surface area (Å²) >= 11 is 1.47. The van der Waals surface area contributed by atoms with Crippen LogP contribution in [0.5, 0.6) is 0 Å². The quantitative estimate of drug-likeness (QED) is 0.761. The van der Waals surface area contributed by atoms with Crippen LogP contribution in [0.15, 0.2) is 36.5 Å². The fraction of sp³-hybridized carbons (Fsp3) is 0.353. The fourth-order valence-electron chi connectivity index (χ4n) is 2.82. The third kappa shape index (κ3) is 3.17. The van der Waals surface area contributed by atoms with E-state index in [1.54, 1.807) is 6.20 Å². The van der Waals surface area contributed by atoms with Crippen molar-refractivity contribution >= 4 is 17.2 Å². The van der Waals surface area contributed by atoms with Gasteiger partial charge in [0.25, 0.3) is 5.91 Å². The summed E-state index contributed by atoms with van der Waals surface area (Å²) in [7, 11) is 0. The maximum Gasteiger partial charge on any atom is 0.273 e. The lowest BCUT2D eigenvalue weighted by atomic mass is 9.79. The van der Waals surface area contributed by atoms with E-state index in [0.29, 0.717) is 12.2 Å². The van der Waals surface area contributed by atoms with Gasteiger partial charge >= 0.3 is 0 Å². The third-order valence-electron chi connectivity index (χ3n) is 4.60. The lowest BCUT2D eigenvalue weighted by molar-refractivity contribution is 0.0945. The largest absolute Gasteiger partial charge is 0.344 e. The Kier molecular flexibility index (Phi) is 4.04. The van der Waals surface area contributed by atoms with E-state index in [2.05, 4.69) is 32.7 Å². The number of carbonyl (C=O) groups is 1. The van der Waals surface area contributed by atoms with Crippen LogP contribution in [0.3, 0.4) is 0 Å². The van der Waals surface area contributed by atoms with E-state index in [-0.39, 0.29) is 11.4 Å². The second-order valence-electron chi connectivity index (χ2n) is 6.45. The van der Waals surface area contributed by atoms with Crippen molar-refractivity contribution in [3.63, 3.8) is 0 Å². The molecule has 2 aromatic heterocycles. The normalized spacial score (nSPS) is 15.6. The van der Waals surface area contributed by atoms with E-state index in [9.17, 15) is 4.79 Å². The van der Waals surface area contributed by atoms with Crippen LogP contribution in [0.1, 0.15) is 41.7 Å². The van der Waals surface area contributed by atoms with Gasteiger partial charge in [0.2, 0.25) is 0 Å². The van der Waals surface area contributed by atoms with Crippen molar-refractivity contribution < 1.29 is 4.79 Å². The minimum absolute atomic E-state index is 0.00927. The van der Waals surface area contributed by atoms with Gasteiger partial charge in [0, 0.05) is 5.56 Å². The zero-order chi connectivity index (χ0) is 17.3. The molecule has 0 spiro atoms. The Balaban J connectivity index is 1.38. The van der Waals surface area contributed by atoms with Gasteiger partial charge in [-0.3, -0.25) is 4.79 Å². The Morgan fingerprint density at radius 3 is 2.76 bits per heavy atom. The van der Waals surface area contributed by atoms with E-state index in [4.69, 9.17) is 0 Å². The molecule has 25 heavy (non-hydrogen) atoms. The standard InChI is InChI=1S/C17H18N6OS/c1-17(8-5-9-17)23-11-13(19-22-23)15(24)18-10-14-20-21-16(25-14)12-6-3-2-4-7-12/h2-4,6-7,11H,5,8-10H2,1H3,(H,18,24). The fourth-order valence-corrected chi connectivity index (χ4v) is 3.60. The molecule has 1 saturated carbocycles. The lowest BCUT2D eigenvalue weighted by Gasteiger charge is -2.37. The van der Waals surface area contributed by atoms with Crippen LogP contribution in [0.4, 0.5) is 0 Å². The predicted octanol–water partition coefficient (Wildman–Crippen LogP) is 2.63. The minimum Gasteiger partial charge on any atom is -0.344 e. The summed E-state index contributed by atoms with van der Waals surface area (Å²) in [4.78, 5) is 12.3. The van der Waals surface area contributed by atoms with E-state index in [1.165, 1.54) is 17.8 Å². The van der Waals surface area contributed by atoms with Crippen molar-refractivity contribution in [3.05, 3.63) is 47.2 Å². The second-order valence-corrected chi connectivity index (χ2v) is 7.51. The maximum absolute atomic E-state index is 12.3. The van der Waals surface area contributed by atoms with Gasteiger partial charge in [0.05, 0.1) is 18.3 Å². The number of amides is 1. The molecule has 2 heterocycles. The first kappa shape index (κ1) is 15.9. The van der Waals surface area contributed by atoms with Crippen molar-refractivity contribution in [2.24, 2.45) is 0 Å². The highest BCUT2D eigenvalue weighted by Crippen LogP contribution is 2.37. The van der Waals surface area contributed by atoms with Gasteiger partial charge in [-0.05, 0) is 26.2 Å². The number of nitrogens with zero attached hydrogens (tertiary/aromatic N) is 5. The number of carbonyl (C=O) groups excluding carboxylic acids is 1. The van der Waals surface area contributed by atoms with Crippen molar-refractivity contribution in [1.82, 2.24) is 30.5 Å². The van der Waals surface area contributed by atoms with Crippen LogP contribution in [0.2, 0.25) is 0 Å². The SMILES string of the molecule is CC1(n2cc(C(=O)NCc3nnc(-c4ccccc4)s3)nn2)CCC1. The zero-order valence-corrected chi connectivity index (χ0v) is 14.7. The molecule has 0 radical (unpaired) electrons. The molecule has 0 aliphatic heterocycles. The Morgan fingerprint density at radius 1 is 1.24 bits per heavy atom. The summed E-state index contributed by atoms with van der Waals surface area (Å²) in [5, 5.41) is 20.9. The number of hydrogen-bond donors (Lipinski definition) is 1. The number of aromatic nitrogens is 5. The van der Waals surface area contributed by atoms with E-state index >= 15 is 0 Å². The molecule has 1 aliphatic carbocycles. The molecule has 1 amide bonds. The molecular weight excluding hydrogens is 336 g/mol. The van der Waals surface area contributed by atoms with Crippen molar-refractivity contribution in [1.29, 1.82) is 0 Å². The summed E-state index contributed by atoms with van der Waals surface area (Å²) < 4.78 is 1.81. The Labute approximate surface area is 149 Å². The summed E-state index contributed by atoms with van der Waals surface area (Å²) in [5.74, 6) is -0.245. The topological polar surface area (TPSA) is 85.6 Å². The molecule has 8 heteroatoms. The van der Waals surface area contributed by atoms with Crippen LogP contribution in [-0.4, -0.2) is 31.1 Å². The highest BCUT2D eigenvalue weighted by molar-refractivity contribution is 7.14. The predicted molar refractivity (Wildman–Crippen MR) is 94.0 cm³/mol. The number of benzene rings is 1. The van der Waals surface area contributed by atoms with Crippen molar-refractivity contribution in [3.8, 4) is 10.6 Å². The molecule has 0 atom stereocenters. The van der Waals surface area contributed by atoms with Crippen LogP contribution in [0, 0.1) is 0 Å². The van der Waals surface area contributed by atoms with Crippen LogP contribution in [-0.2, 0) is 12.1 Å². The van der Waals surface area contributed by atoms with Gasteiger partial charge in [-0.15, -0.1) is 15.3 Å². The Morgan fingerprint density at radius 2 is 2.04 bits per heavy atom. The molecular formula is C17H18N6OS. The molecule has 128 valence electrons. The minimum atomic E-state index is -0.245. The molecule has 3 aromatic rings. The van der Waals surface area contributed by atoms with Crippen molar-refractivity contribution in [2.75, 3.05) is 0 Å². The molecule has 1 aliphatic rings. The van der Waals surface area contributed by atoms with Gasteiger partial charge in [0.15, 0.2) is 5.69 Å². The Hall–Kier alpha value is -2.61. The molecule has 1 aromatic carbocycles. The van der Waals surface area contributed by atoms with Gasteiger partial charge in [-0.2, -0.15) is 0 Å². The summed E-state index contributed by atoms with van der Waals surface area (Å²) in [6, 6.07) is 9.86. The highest BCUT2D eigenvalue weighted by Gasteiger charge is 2.35. The van der Waals surface area contributed by atoms with Crippen LogP contribution in [0.25, 0.3) is 10.6 Å². The summed E-state index contributed by atoms with van der Waals surface area (Å²) in [5.41, 5.74) is 1.37. The van der Waals surface area contributed by atoms with Gasteiger partial charge in [-0.25, -0.2) is 4.68 Å². The molecule has 4 rings (SSSR count). The highest BCUT2D eigenvalue weighted by atomic mass is 32.1. The third-order valence-corrected chi connectivity index (χ3v) is 5.57. The Bertz CT molecular complexity index is 883. The van der Waals surface area contributed by atoms with Gasteiger partial charge < -0.3 is 5.32 Å². The second kappa shape index (κ2) is 6.36.